The number of rotatable bonds is 24. The Kier molecular flexibility index (Phi) is 18.3. The van der Waals surface area contributed by atoms with Gasteiger partial charge in [-0.25, -0.2) is 14.2 Å². The van der Waals surface area contributed by atoms with Gasteiger partial charge in [0.15, 0.2) is 5.60 Å². The molecule has 0 spiro atoms. The van der Waals surface area contributed by atoms with E-state index in [1.54, 1.807) is 66.9 Å². The van der Waals surface area contributed by atoms with E-state index in [1.807, 2.05) is 24.0 Å². The number of halogens is 1. The molecule has 2 aromatic heterocycles. The van der Waals surface area contributed by atoms with E-state index in [1.165, 1.54) is 30.0 Å². The first-order valence-corrected chi connectivity index (χ1v) is 28.8. The molecular weight excluding hydrogens is 1090 g/mol. The summed E-state index contributed by atoms with van der Waals surface area (Å²) in [5.74, 6) is -4.40. The standard InChI is InChI=1S/C60H64FN9O12S/c1-4-60(81)41-25-46-56-39(30-70(46)58(79)40(41)31-82-59(60)80)55-45(20-19-38-34(3)42(61)26-43(67-56)54(38)55)68(5-2)53(77)33-83-32-36-15-17-37(18-16-36)65-49(73)29-64-57(78)44(24-35-12-8-6-9-13-35)66-50(74)28-63-48(72)27-62-47(71)14-10-7-11-23-69-51(75)21-22-52(69)76/h6,8-9,12-13,15-18,21-22,25-26,44-45,81H,4-5,7,10-11,14,19-20,23-24,27-33H2,1-3H3,(H,62,71)(H,63,72)(H,64,78)(H,65,73)(H,66,74)/t44-,45-,60-/m0/s1. The zero-order chi connectivity index (χ0) is 59.1. The van der Waals surface area contributed by atoms with E-state index in [2.05, 4.69) is 26.6 Å². The normalized spacial score (nSPS) is 16.8. The number of aromatic nitrogens is 2. The zero-order valence-electron chi connectivity index (χ0n) is 46.2. The van der Waals surface area contributed by atoms with Crippen LogP contribution in [0.5, 0.6) is 0 Å². The second-order valence-electron chi connectivity index (χ2n) is 20.8. The van der Waals surface area contributed by atoms with E-state index in [4.69, 9.17) is 9.72 Å². The highest BCUT2D eigenvalue weighted by atomic mass is 32.2. The maximum absolute atomic E-state index is 15.6. The fourth-order valence-corrected chi connectivity index (χ4v) is 12.0. The molecule has 21 nitrogen and oxygen atoms in total. The Hall–Kier alpha value is -8.57. The number of nitrogens with zero attached hydrogens (tertiary/aromatic N) is 4. The summed E-state index contributed by atoms with van der Waals surface area (Å²) in [6.45, 7) is 4.42. The predicted molar refractivity (Wildman–Crippen MR) is 304 cm³/mol. The lowest BCUT2D eigenvalue weighted by Crippen LogP contribution is -2.52. The highest BCUT2D eigenvalue weighted by molar-refractivity contribution is 7.99. The van der Waals surface area contributed by atoms with Crippen molar-refractivity contribution in [2.75, 3.05) is 43.8 Å². The zero-order valence-corrected chi connectivity index (χ0v) is 47.0. The molecule has 5 aromatic rings. The van der Waals surface area contributed by atoms with Gasteiger partial charge in [-0.2, -0.15) is 0 Å². The number of nitrogens with one attached hydrogen (secondary N) is 5. The number of fused-ring (bicyclic) bond motifs is 5. The van der Waals surface area contributed by atoms with Crippen molar-refractivity contribution in [3.8, 4) is 11.4 Å². The quantitative estimate of drug-likeness (QED) is 0.0286. The van der Waals surface area contributed by atoms with E-state index in [0.717, 1.165) is 38.1 Å². The minimum Gasteiger partial charge on any atom is -0.458 e. The Labute approximate surface area is 481 Å². The maximum Gasteiger partial charge on any atom is 0.343 e. The molecule has 83 heavy (non-hydrogen) atoms. The lowest BCUT2D eigenvalue weighted by atomic mass is 9.81. The second-order valence-corrected chi connectivity index (χ2v) is 21.8. The molecule has 5 heterocycles. The van der Waals surface area contributed by atoms with Crippen molar-refractivity contribution < 1.29 is 57.4 Å². The summed E-state index contributed by atoms with van der Waals surface area (Å²) in [5.41, 5.74) is 3.99. The summed E-state index contributed by atoms with van der Waals surface area (Å²) < 4.78 is 22.4. The van der Waals surface area contributed by atoms with Crippen LogP contribution in [0.2, 0.25) is 0 Å². The van der Waals surface area contributed by atoms with Crippen LogP contribution in [0.3, 0.4) is 0 Å². The average Bonchev–Trinajstić information content (AvgIpc) is 2.93. The van der Waals surface area contributed by atoms with Gasteiger partial charge in [0.25, 0.3) is 17.4 Å². The number of pyridine rings is 2. The molecule has 0 bridgehead atoms. The van der Waals surface area contributed by atoms with Gasteiger partial charge >= 0.3 is 5.97 Å². The first kappa shape index (κ1) is 59.1. The Morgan fingerprint density at radius 3 is 2.28 bits per heavy atom. The van der Waals surface area contributed by atoms with Crippen LogP contribution >= 0.6 is 11.8 Å². The molecule has 8 amide bonds. The largest absolute Gasteiger partial charge is 0.458 e. The molecular formula is C60H64FN9O12S. The Balaban J connectivity index is 0.755. The highest BCUT2D eigenvalue weighted by Crippen LogP contribution is 2.47. The number of benzene rings is 3. The molecule has 23 heteroatoms. The number of amides is 8. The third-order valence-corrected chi connectivity index (χ3v) is 16.5. The van der Waals surface area contributed by atoms with E-state index in [0.29, 0.717) is 72.6 Å². The topological polar surface area (TPSA) is 285 Å². The van der Waals surface area contributed by atoms with Gasteiger partial charge in [-0.15, -0.1) is 11.8 Å². The van der Waals surface area contributed by atoms with Crippen molar-refractivity contribution in [2.45, 2.75) is 109 Å². The first-order valence-electron chi connectivity index (χ1n) is 27.6. The van der Waals surface area contributed by atoms with E-state index in [9.17, 15) is 53.1 Å². The van der Waals surface area contributed by atoms with Crippen LogP contribution in [0, 0.1) is 12.7 Å². The summed E-state index contributed by atoms with van der Waals surface area (Å²) in [4.78, 5) is 137. The SMILES string of the molecule is CCN(C(=O)CSCc1ccc(NC(=O)CNC(=O)[C@H](Cc2ccccc2)NC(=O)CNC(=O)CNC(=O)CCCCCN2C(=O)C=CC2=O)cc1)[C@H]1CCc2c(C)c(F)cc3nc4c(c1c23)Cn1c-4cc2c(c1=O)COC(=O)[C@]2(O)CC. The van der Waals surface area contributed by atoms with Crippen molar-refractivity contribution >= 4 is 81.6 Å². The minimum atomic E-state index is -2.03. The molecule has 0 saturated carbocycles. The Bertz CT molecular complexity index is 3520. The summed E-state index contributed by atoms with van der Waals surface area (Å²) in [6.07, 6.45) is 5.18. The third-order valence-electron chi connectivity index (χ3n) is 15.6. The number of carbonyl (C=O) groups excluding carboxylic acids is 9. The fourth-order valence-electron chi connectivity index (χ4n) is 11.1. The van der Waals surface area contributed by atoms with Gasteiger partial charge in [0, 0.05) is 72.1 Å². The number of carbonyl (C=O) groups is 9. The summed E-state index contributed by atoms with van der Waals surface area (Å²) >= 11 is 1.41. The molecule has 0 radical (unpaired) electrons. The number of hydrogen-bond donors (Lipinski definition) is 6. The van der Waals surface area contributed by atoms with Crippen LogP contribution < -0.4 is 32.1 Å². The number of imide groups is 1. The van der Waals surface area contributed by atoms with Crippen molar-refractivity contribution in [3.05, 3.63) is 140 Å². The third kappa shape index (κ3) is 12.9. The van der Waals surface area contributed by atoms with Crippen LogP contribution in [-0.4, -0.2) is 122 Å². The number of hydrogen-bond acceptors (Lipinski definition) is 14. The van der Waals surface area contributed by atoms with Gasteiger partial charge in [0.05, 0.1) is 60.4 Å². The van der Waals surface area contributed by atoms with Crippen LogP contribution in [0.1, 0.15) is 103 Å². The van der Waals surface area contributed by atoms with Crippen molar-refractivity contribution in [2.24, 2.45) is 0 Å². The molecule has 0 unspecified atom stereocenters. The fraction of sp³-hybridized carbons (Fsp3) is 0.383. The number of thioether (sulfide) groups is 1. The van der Waals surface area contributed by atoms with Crippen LogP contribution in [-0.2, 0) is 85.2 Å². The number of aliphatic hydroxyl groups is 1. The van der Waals surface area contributed by atoms with Crippen LogP contribution in [0.25, 0.3) is 22.3 Å². The summed E-state index contributed by atoms with van der Waals surface area (Å²) in [5, 5.41) is 25.1. The smallest absolute Gasteiger partial charge is 0.343 e. The molecule has 3 aliphatic heterocycles. The first-order chi connectivity index (χ1) is 39.9. The van der Waals surface area contributed by atoms with Gasteiger partial charge in [0.1, 0.15) is 18.5 Å². The van der Waals surface area contributed by atoms with Gasteiger partial charge in [-0.05, 0) is 92.0 Å². The Morgan fingerprint density at radius 2 is 1.55 bits per heavy atom. The molecule has 6 N–H and O–H groups in total. The minimum absolute atomic E-state index is 0.0226. The van der Waals surface area contributed by atoms with Crippen molar-refractivity contribution in [3.63, 3.8) is 0 Å². The number of aryl methyl sites for hydroxylation is 1. The van der Waals surface area contributed by atoms with Gasteiger partial charge in [-0.3, -0.25) is 48.1 Å². The number of esters is 1. The molecule has 0 fully saturated rings. The summed E-state index contributed by atoms with van der Waals surface area (Å²) in [7, 11) is 0. The lowest BCUT2D eigenvalue weighted by molar-refractivity contribution is -0.172. The van der Waals surface area contributed by atoms with Gasteiger partial charge in [-0.1, -0.05) is 55.8 Å². The predicted octanol–water partition coefficient (Wildman–Crippen LogP) is 3.80. The van der Waals surface area contributed by atoms with E-state index in [-0.39, 0.29) is 86.0 Å². The maximum atomic E-state index is 15.6. The Morgan fingerprint density at radius 1 is 0.843 bits per heavy atom. The molecule has 9 rings (SSSR count). The van der Waals surface area contributed by atoms with E-state index >= 15 is 4.39 Å². The average molecular weight is 1150 g/mol. The summed E-state index contributed by atoms with van der Waals surface area (Å²) in [6, 6.07) is 17.4. The van der Waals surface area contributed by atoms with Gasteiger partial charge < -0.3 is 45.9 Å². The lowest BCUT2D eigenvalue weighted by Gasteiger charge is -2.37. The van der Waals surface area contributed by atoms with Crippen LogP contribution in [0.4, 0.5) is 10.1 Å². The highest BCUT2D eigenvalue weighted by Gasteiger charge is 2.46. The molecule has 4 aliphatic rings. The van der Waals surface area contributed by atoms with Crippen LogP contribution in [0.15, 0.2) is 83.7 Å². The molecule has 1 aliphatic carbocycles. The number of anilines is 1. The van der Waals surface area contributed by atoms with Gasteiger partial charge in [0.2, 0.25) is 35.4 Å². The molecule has 3 atom stereocenters. The number of unbranched alkanes of at least 4 members (excludes halogenated alkanes) is 2. The monoisotopic (exact) mass is 1150 g/mol. The molecule has 3 aromatic carbocycles. The molecule has 434 valence electrons. The van der Waals surface area contributed by atoms with Crippen molar-refractivity contribution in [1.82, 2.24) is 40.6 Å². The number of ether oxygens (including phenoxy) is 1. The number of cyclic esters (lactones) is 1. The van der Waals surface area contributed by atoms with Crippen molar-refractivity contribution in [1.29, 1.82) is 0 Å². The second kappa shape index (κ2) is 25.7. The van der Waals surface area contributed by atoms with E-state index < -0.39 is 71.7 Å². The molecule has 0 saturated heterocycles.